The van der Waals surface area contributed by atoms with Crippen molar-refractivity contribution >= 4 is 23.2 Å². The number of carbonyl (C=O) groups excluding carboxylic acids is 1. The van der Waals surface area contributed by atoms with E-state index >= 15 is 0 Å². The first kappa shape index (κ1) is 17.6. The van der Waals surface area contributed by atoms with Crippen LogP contribution in [0.25, 0.3) is 6.08 Å². The largest absolute Gasteiger partial charge is 0.865 e. The Morgan fingerprint density at radius 3 is 2.24 bits per heavy atom. The second-order valence-corrected chi connectivity index (χ2v) is 4.83. The van der Waals surface area contributed by atoms with E-state index in [0.717, 1.165) is 12.1 Å². The molecule has 0 atom stereocenters. The molecule has 2 aromatic rings. The van der Waals surface area contributed by atoms with Crippen molar-refractivity contribution in [1.82, 2.24) is 0 Å². The van der Waals surface area contributed by atoms with Gasteiger partial charge >= 0.3 is 0 Å². The molecule has 0 bridgehead atoms. The van der Waals surface area contributed by atoms with Crippen molar-refractivity contribution in [3.8, 4) is 11.5 Å². The molecule has 0 aliphatic heterocycles. The molecule has 0 amide bonds. The molecule has 9 nitrogen and oxygen atoms in total. The lowest BCUT2D eigenvalue weighted by atomic mass is 10.1. The van der Waals surface area contributed by atoms with Gasteiger partial charge in [-0.1, -0.05) is 6.08 Å². The van der Waals surface area contributed by atoms with E-state index in [-0.39, 0.29) is 22.6 Å². The number of ether oxygens (including phenoxy) is 1. The highest BCUT2D eigenvalue weighted by molar-refractivity contribution is 6.07. The molecular weight excluding hydrogens is 332 g/mol. The zero-order valence-electron chi connectivity index (χ0n) is 12.9. The molecule has 0 saturated heterocycles. The van der Waals surface area contributed by atoms with E-state index in [4.69, 9.17) is 4.74 Å². The second-order valence-electron chi connectivity index (χ2n) is 4.83. The van der Waals surface area contributed by atoms with Crippen LogP contribution in [0.4, 0.5) is 11.4 Å². The van der Waals surface area contributed by atoms with Gasteiger partial charge in [0.05, 0.1) is 17.0 Å². The van der Waals surface area contributed by atoms with Gasteiger partial charge in [-0.2, -0.15) is 0 Å². The van der Waals surface area contributed by atoms with Crippen LogP contribution in [-0.4, -0.2) is 22.7 Å². The maximum atomic E-state index is 12.1. The van der Waals surface area contributed by atoms with E-state index in [2.05, 4.69) is 0 Å². The molecule has 0 N–H and O–H groups in total. The van der Waals surface area contributed by atoms with E-state index < -0.39 is 27.1 Å². The summed E-state index contributed by atoms with van der Waals surface area (Å²) in [6, 6.07) is 7.30. The van der Waals surface area contributed by atoms with Crippen molar-refractivity contribution in [2.45, 2.75) is 0 Å². The van der Waals surface area contributed by atoms with E-state index in [9.17, 15) is 30.1 Å². The van der Waals surface area contributed by atoms with Gasteiger partial charge in [-0.05, 0) is 29.8 Å². The molecule has 0 fully saturated rings. The summed E-state index contributed by atoms with van der Waals surface area (Å²) in [6.45, 7) is 0. The van der Waals surface area contributed by atoms with Gasteiger partial charge in [-0.25, -0.2) is 0 Å². The summed E-state index contributed by atoms with van der Waals surface area (Å²) in [4.78, 5) is 32.1. The molecule has 2 rings (SSSR count). The average Bonchev–Trinajstić information content (AvgIpc) is 2.60. The third-order valence-electron chi connectivity index (χ3n) is 3.26. The fourth-order valence-corrected chi connectivity index (χ4v) is 2.01. The Kier molecular flexibility index (Phi) is 5.08. The molecule has 0 aliphatic rings. The summed E-state index contributed by atoms with van der Waals surface area (Å²) in [6.07, 6.45) is 2.43. The molecule has 0 radical (unpaired) electrons. The quantitative estimate of drug-likeness (QED) is 0.340. The van der Waals surface area contributed by atoms with Crippen molar-refractivity contribution in [3.63, 3.8) is 0 Å². The molecule has 0 aliphatic carbocycles. The Bertz CT molecular complexity index is 873. The van der Waals surface area contributed by atoms with Crippen molar-refractivity contribution in [2.24, 2.45) is 0 Å². The molecule has 0 aromatic heterocycles. The number of nitro benzene ring substituents is 2. The third-order valence-corrected chi connectivity index (χ3v) is 3.26. The number of benzene rings is 2. The number of nitrogens with zero attached hydrogens (tertiary/aromatic N) is 2. The molecule has 0 saturated carbocycles. The van der Waals surface area contributed by atoms with Crippen LogP contribution in [0.2, 0.25) is 0 Å². The smallest absolute Gasteiger partial charge is 0.269 e. The minimum Gasteiger partial charge on any atom is -0.865 e. The van der Waals surface area contributed by atoms with Crippen LogP contribution in [0.3, 0.4) is 0 Å². The molecule has 0 heterocycles. The lowest BCUT2D eigenvalue weighted by Crippen LogP contribution is -2.01. The maximum Gasteiger partial charge on any atom is 0.269 e. The predicted molar refractivity (Wildman–Crippen MR) is 85.6 cm³/mol. The highest BCUT2D eigenvalue weighted by atomic mass is 16.6. The summed E-state index contributed by atoms with van der Waals surface area (Å²) in [7, 11) is 1.20. The first-order valence-electron chi connectivity index (χ1n) is 6.83. The Balaban J connectivity index is 2.29. The van der Waals surface area contributed by atoms with Gasteiger partial charge in [0, 0.05) is 29.5 Å². The minimum atomic E-state index is -0.855. The van der Waals surface area contributed by atoms with Crippen LogP contribution in [0.1, 0.15) is 15.9 Å². The van der Waals surface area contributed by atoms with Crippen LogP contribution in [0.15, 0.2) is 42.5 Å². The molecule has 0 spiro atoms. The number of hydrogen-bond acceptors (Lipinski definition) is 7. The van der Waals surface area contributed by atoms with Crippen molar-refractivity contribution in [2.75, 3.05) is 7.11 Å². The number of methoxy groups -OCH3 is 1. The van der Waals surface area contributed by atoms with E-state index in [0.29, 0.717) is 0 Å². The first-order valence-corrected chi connectivity index (χ1v) is 6.83. The van der Waals surface area contributed by atoms with Crippen molar-refractivity contribution in [1.29, 1.82) is 0 Å². The molecule has 128 valence electrons. The topological polar surface area (TPSA) is 136 Å². The predicted octanol–water partition coefficient (Wildman–Crippen LogP) is 2.48. The Labute approximate surface area is 141 Å². The van der Waals surface area contributed by atoms with Gasteiger partial charge in [0.25, 0.3) is 11.4 Å². The van der Waals surface area contributed by atoms with Crippen LogP contribution in [0.5, 0.6) is 11.5 Å². The Morgan fingerprint density at radius 2 is 1.72 bits per heavy atom. The van der Waals surface area contributed by atoms with Crippen LogP contribution in [-0.2, 0) is 0 Å². The standard InChI is InChI=1S/C16H12N2O7/c1-25-15-9-10(8-13(16(15)20)18(23)24)2-7-14(19)11-3-5-12(6-4-11)17(21)22/h2-9,20H,1H3/p-1/b7-2+. The molecule has 9 heteroatoms. The van der Waals surface area contributed by atoms with Crippen molar-refractivity contribution in [3.05, 3.63) is 73.8 Å². The Morgan fingerprint density at radius 1 is 1.08 bits per heavy atom. The van der Waals surface area contributed by atoms with Crippen LogP contribution in [0, 0.1) is 20.2 Å². The number of non-ortho nitro benzene ring substituents is 1. The van der Waals surface area contributed by atoms with Gasteiger partial charge in [0.1, 0.15) is 5.75 Å². The monoisotopic (exact) mass is 343 g/mol. The first-order chi connectivity index (χ1) is 11.8. The van der Waals surface area contributed by atoms with Gasteiger partial charge < -0.3 is 9.84 Å². The summed E-state index contributed by atoms with van der Waals surface area (Å²) in [5.41, 5.74) is -0.365. The molecule has 2 aromatic carbocycles. The normalized spacial score (nSPS) is 10.6. The fraction of sp³-hybridized carbons (Fsp3) is 0.0625. The summed E-state index contributed by atoms with van der Waals surface area (Å²) in [5.74, 6) is -1.52. The summed E-state index contributed by atoms with van der Waals surface area (Å²) < 4.78 is 4.80. The number of nitro groups is 2. The molecular formula is C16H11N2O7-. The zero-order valence-corrected chi connectivity index (χ0v) is 12.9. The number of rotatable bonds is 6. The third kappa shape index (κ3) is 3.96. The van der Waals surface area contributed by atoms with Crippen molar-refractivity contribution < 1.29 is 24.5 Å². The number of hydrogen-bond donors (Lipinski definition) is 0. The highest BCUT2D eigenvalue weighted by Crippen LogP contribution is 2.34. The van der Waals surface area contributed by atoms with Gasteiger partial charge in [-0.3, -0.25) is 25.0 Å². The highest BCUT2D eigenvalue weighted by Gasteiger charge is 2.13. The Hall–Kier alpha value is -3.75. The van der Waals surface area contributed by atoms with E-state index in [1.54, 1.807) is 0 Å². The van der Waals surface area contributed by atoms with Gasteiger partial charge in [0.2, 0.25) is 0 Å². The summed E-state index contributed by atoms with van der Waals surface area (Å²) in [5, 5.41) is 33.2. The van der Waals surface area contributed by atoms with Gasteiger partial charge in [0.15, 0.2) is 5.78 Å². The molecule has 25 heavy (non-hydrogen) atoms. The maximum absolute atomic E-state index is 12.1. The lowest BCUT2D eigenvalue weighted by molar-refractivity contribution is -0.398. The number of carbonyl (C=O) groups is 1. The zero-order chi connectivity index (χ0) is 18.6. The van der Waals surface area contributed by atoms with Crippen LogP contribution >= 0.6 is 0 Å². The fourth-order valence-electron chi connectivity index (χ4n) is 2.01. The van der Waals surface area contributed by atoms with E-state index in [1.165, 1.54) is 43.5 Å². The summed E-state index contributed by atoms with van der Waals surface area (Å²) >= 11 is 0. The number of ketones is 1. The van der Waals surface area contributed by atoms with Gasteiger partial charge in [-0.15, -0.1) is 0 Å². The lowest BCUT2D eigenvalue weighted by Gasteiger charge is -2.13. The van der Waals surface area contributed by atoms with E-state index in [1.807, 2.05) is 0 Å². The van der Waals surface area contributed by atoms with Crippen LogP contribution < -0.4 is 9.84 Å². The average molecular weight is 343 g/mol. The number of allylic oxidation sites excluding steroid dienone is 1. The SMILES string of the molecule is COc1cc(/C=C/C(=O)c2ccc([N+](=O)[O-])cc2)cc([N+](=O)[O-])c1[O-]. The minimum absolute atomic E-state index is 0.146. The second kappa shape index (κ2) is 7.21. The molecule has 0 unspecified atom stereocenters.